The minimum absolute atomic E-state index is 0.326. The normalized spacial score (nSPS) is 40.6. The predicted molar refractivity (Wildman–Crippen MR) is 72.3 cm³/mol. The molecule has 4 atom stereocenters. The summed E-state index contributed by atoms with van der Waals surface area (Å²) in [5.41, 5.74) is 0. The summed E-state index contributed by atoms with van der Waals surface area (Å²) >= 11 is 0. The number of hydrogen-bond donors (Lipinski definition) is 1. The highest BCUT2D eigenvalue weighted by atomic mass is 16.2. The van der Waals surface area contributed by atoms with Crippen molar-refractivity contribution in [3.63, 3.8) is 0 Å². The number of likely N-dealkylation sites (tertiary alicyclic amines) is 1. The van der Waals surface area contributed by atoms with E-state index in [1.165, 1.54) is 38.5 Å². The second-order valence-electron chi connectivity index (χ2n) is 6.46. The van der Waals surface area contributed by atoms with Gasteiger partial charge in [-0.2, -0.15) is 0 Å². The van der Waals surface area contributed by atoms with Gasteiger partial charge in [-0.1, -0.05) is 13.3 Å². The fourth-order valence-electron chi connectivity index (χ4n) is 4.25. The van der Waals surface area contributed by atoms with Gasteiger partial charge in [-0.3, -0.25) is 4.79 Å². The third kappa shape index (κ3) is 2.18. The summed E-state index contributed by atoms with van der Waals surface area (Å²) in [5.74, 6) is 1.40. The summed E-state index contributed by atoms with van der Waals surface area (Å²) < 4.78 is 0. The van der Waals surface area contributed by atoms with Crippen molar-refractivity contribution in [3.8, 4) is 0 Å². The second-order valence-corrected chi connectivity index (χ2v) is 6.46. The fraction of sp³-hybridized carbons (Fsp3) is 0.933. The summed E-state index contributed by atoms with van der Waals surface area (Å²) in [6.07, 6.45) is 8.58. The Hall–Kier alpha value is -0.570. The van der Waals surface area contributed by atoms with Crippen molar-refractivity contribution in [2.24, 2.45) is 11.8 Å². The Kier molecular flexibility index (Phi) is 3.60. The molecular formula is C15H26N2O. The first-order valence-corrected chi connectivity index (χ1v) is 7.81. The molecule has 1 aliphatic carbocycles. The average molecular weight is 250 g/mol. The number of nitrogens with one attached hydrogen (secondary N) is 1. The van der Waals surface area contributed by atoms with Crippen molar-refractivity contribution in [2.75, 3.05) is 13.1 Å². The van der Waals surface area contributed by atoms with E-state index in [4.69, 9.17) is 0 Å². The molecule has 1 N–H and O–H groups in total. The monoisotopic (exact) mass is 250 g/mol. The van der Waals surface area contributed by atoms with E-state index in [2.05, 4.69) is 17.1 Å². The molecule has 0 aromatic rings. The highest BCUT2D eigenvalue weighted by molar-refractivity contribution is 5.80. The van der Waals surface area contributed by atoms with Gasteiger partial charge in [0.2, 0.25) is 5.91 Å². The molecule has 3 aliphatic rings. The molecule has 2 heterocycles. The Labute approximate surface area is 110 Å². The third-order valence-electron chi connectivity index (χ3n) is 5.32. The smallest absolute Gasteiger partial charge is 0.226 e. The van der Waals surface area contributed by atoms with Crippen LogP contribution in [0.15, 0.2) is 0 Å². The number of amides is 1. The first kappa shape index (κ1) is 12.5. The molecular weight excluding hydrogens is 224 g/mol. The zero-order chi connectivity index (χ0) is 12.5. The van der Waals surface area contributed by atoms with Crippen LogP contribution >= 0.6 is 0 Å². The lowest BCUT2D eigenvalue weighted by atomic mass is 9.95. The molecule has 3 heteroatoms. The Morgan fingerprint density at radius 2 is 2.00 bits per heavy atom. The lowest BCUT2D eigenvalue weighted by molar-refractivity contribution is -0.137. The van der Waals surface area contributed by atoms with Gasteiger partial charge >= 0.3 is 0 Å². The largest absolute Gasteiger partial charge is 0.338 e. The Morgan fingerprint density at radius 1 is 1.11 bits per heavy atom. The molecule has 0 aromatic carbocycles. The van der Waals surface area contributed by atoms with Crippen LogP contribution in [0.25, 0.3) is 0 Å². The van der Waals surface area contributed by atoms with Crippen LogP contribution < -0.4 is 5.32 Å². The molecule has 0 bridgehead atoms. The van der Waals surface area contributed by atoms with Crippen molar-refractivity contribution in [1.29, 1.82) is 0 Å². The van der Waals surface area contributed by atoms with E-state index in [-0.39, 0.29) is 0 Å². The van der Waals surface area contributed by atoms with Crippen molar-refractivity contribution < 1.29 is 4.79 Å². The van der Waals surface area contributed by atoms with E-state index < -0.39 is 0 Å². The second kappa shape index (κ2) is 5.20. The van der Waals surface area contributed by atoms with Gasteiger partial charge in [0.1, 0.15) is 0 Å². The number of hydrogen-bond acceptors (Lipinski definition) is 2. The number of nitrogens with zero attached hydrogens (tertiary/aromatic N) is 1. The first-order chi connectivity index (χ1) is 8.77. The van der Waals surface area contributed by atoms with Gasteiger partial charge in [0.15, 0.2) is 0 Å². The Morgan fingerprint density at radius 3 is 2.67 bits per heavy atom. The summed E-state index contributed by atoms with van der Waals surface area (Å²) in [7, 11) is 0. The lowest BCUT2D eigenvalue weighted by Crippen LogP contribution is -2.48. The molecule has 0 spiro atoms. The SMILES string of the molecule is CC1CCCC1C(=O)N1CCCC1C1CCCN1. The van der Waals surface area contributed by atoms with Crippen molar-refractivity contribution >= 4 is 5.91 Å². The maximum Gasteiger partial charge on any atom is 0.226 e. The quantitative estimate of drug-likeness (QED) is 0.814. The van der Waals surface area contributed by atoms with Crippen LogP contribution in [0.3, 0.4) is 0 Å². The van der Waals surface area contributed by atoms with Crippen LogP contribution in [0.5, 0.6) is 0 Å². The van der Waals surface area contributed by atoms with E-state index in [1.807, 2.05) is 0 Å². The Balaban J connectivity index is 1.68. The topological polar surface area (TPSA) is 32.3 Å². The third-order valence-corrected chi connectivity index (χ3v) is 5.32. The molecule has 102 valence electrons. The van der Waals surface area contributed by atoms with Gasteiger partial charge in [0.25, 0.3) is 0 Å². The molecule has 3 nitrogen and oxygen atoms in total. The zero-order valence-electron chi connectivity index (χ0n) is 11.5. The first-order valence-electron chi connectivity index (χ1n) is 7.81. The zero-order valence-corrected chi connectivity index (χ0v) is 11.5. The van der Waals surface area contributed by atoms with E-state index in [1.54, 1.807) is 0 Å². The van der Waals surface area contributed by atoms with Crippen LogP contribution in [0, 0.1) is 11.8 Å². The van der Waals surface area contributed by atoms with Crippen molar-refractivity contribution in [1.82, 2.24) is 10.2 Å². The van der Waals surface area contributed by atoms with E-state index in [9.17, 15) is 4.79 Å². The molecule has 2 aliphatic heterocycles. The standard InChI is InChI=1S/C15H26N2O/c1-11-5-2-6-12(11)15(18)17-10-4-8-14(17)13-7-3-9-16-13/h11-14,16H,2-10H2,1H3. The average Bonchev–Trinajstić information content (AvgIpc) is 3.09. The van der Waals surface area contributed by atoms with Crippen LogP contribution in [0.2, 0.25) is 0 Å². The molecule has 3 fully saturated rings. The summed E-state index contributed by atoms with van der Waals surface area (Å²) in [6.45, 7) is 4.41. The van der Waals surface area contributed by atoms with Crippen molar-refractivity contribution in [3.05, 3.63) is 0 Å². The maximum absolute atomic E-state index is 12.7. The van der Waals surface area contributed by atoms with Crippen LogP contribution in [-0.4, -0.2) is 36.0 Å². The molecule has 4 unspecified atom stereocenters. The van der Waals surface area contributed by atoms with Crippen LogP contribution in [0.1, 0.15) is 51.9 Å². The molecule has 1 amide bonds. The summed E-state index contributed by atoms with van der Waals surface area (Å²) in [5, 5.41) is 3.59. The van der Waals surface area contributed by atoms with Gasteiger partial charge in [0.05, 0.1) is 0 Å². The Bertz CT molecular complexity index is 312. The summed E-state index contributed by atoms with van der Waals surface area (Å²) in [4.78, 5) is 15.0. The highest BCUT2D eigenvalue weighted by Gasteiger charge is 2.40. The van der Waals surface area contributed by atoms with Crippen LogP contribution in [-0.2, 0) is 4.79 Å². The minimum Gasteiger partial charge on any atom is -0.338 e. The van der Waals surface area contributed by atoms with Crippen LogP contribution in [0.4, 0.5) is 0 Å². The van der Waals surface area contributed by atoms with Gasteiger partial charge < -0.3 is 10.2 Å². The van der Waals surface area contributed by atoms with Gasteiger partial charge in [-0.25, -0.2) is 0 Å². The highest BCUT2D eigenvalue weighted by Crippen LogP contribution is 2.35. The summed E-state index contributed by atoms with van der Waals surface area (Å²) in [6, 6.07) is 1.07. The van der Waals surface area contributed by atoms with Gasteiger partial charge in [-0.15, -0.1) is 0 Å². The number of carbonyl (C=O) groups is 1. The molecule has 18 heavy (non-hydrogen) atoms. The van der Waals surface area contributed by atoms with E-state index in [0.29, 0.717) is 29.8 Å². The maximum atomic E-state index is 12.7. The van der Waals surface area contributed by atoms with Crippen molar-refractivity contribution in [2.45, 2.75) is 64.0 Å². The molecule has 2 saturated heterocycles. The van der Waals surface area contributed by atoms with Gasteiger partial charge in [-0.05, 0) is 51.0 Å². The predicted octanol–water partition coefficient (Wildman–Crippen LogP) is 2.17. The lowest BCUT2D eigenvalue weighted by Gasteiger charge is -2.32. The number of rotatable bonds is 2. The molecule has 1 saturated carbocycles. The van der Waals surface area contributed by atoms with E-state index in [0.717, 1.165) is 19.5 Å². The fourth-order valence-corrected chi connectivity index (χ4v) is 4.25. The minimum atomic E-state index is 0.326. The van der Waals surface area contributed by atoms with Gasteiger partial charge in [0, 0.05) is 24.5 Å². The molecule has 3 rings (SSSR count). The molecule has 0 radical (unpaired) electrons. The molecule has 0 aromatic heterocycles. The van der Waals surface area contributed by atoms with E-state index >= 15 is 0 Å². The number of carbonyl (C=O) groups excluding carboxylic acids is 1.